The zero-order chi connectivity index (χ0) is 15.4. The van der Waals surface area contributed by atoms with E-state index in [1.54, 1.807) is 42.5 Å². The lowest BCUT2D eigenvalue weighted by Gasteiger charge is -2.07. The summed E-state index contributed by atoms with van der Waals surface area (Å²) in [6.07, 6.45) is 0.180. The first-order valence-corrected chi connectivity index (χ1v) is 6.85. The SMILES string of the molecule is NC(=O)c1ccc(CC(=O)Nc2ccc(Cl)c(Cl)c2)cc1. The van der Waals surface area contributed by atoms with Crippen LogP contribution in [0.4, 0.5) is 5.69 Å². The van der Waals surface area contributed by atoms with Gasteiger partial charge in [0, 0.05) is 11.3 Å². The molecule has 108 valence electrons. The first kappa shape index (κ1) is 15.4. The van der Waals surface area contributed by atoms with E-state index >= 15 is 0 Å². The third kappa shape index (κ3) is 4.21. The largest absolute Gasteiger partial charge is 0.366 e. The quantitative estimate of drug-likeness (QED) is 0.906. The summed E-state index contributed by atoms with van der Waals surface area (Å²) < 4.78 is 0. The van der Waals surface area contributed by atoms with Crippen LogP contribution < -0.4 is 11.1 Å². The highest BCUT2D eigenvalue weighted by Crippen LogP contribution is 2.25. The maximum atomic E-state index is 11.9. The van der Waals surface area contributed by atoms with E-state index in [1.807, 2.05) is 0 Å². The lowest BCUT2D eigenvalue weighted by atomic mass is 10.1. The molecule has 0 saturated heterocycles. The molecular formula is C15H12Cl2N2O2. The smallest absolute Gasteiger partial charge is 0.248 e. The molecule has 0 aromatic heterocycles. The van der Waals surface area contributed by atoms with Crippen LogP contribution in [0.25, 0.3) is 0 Å². The summed E-state index contributed by atoms with van der Waals surface area (Å²) in [7, 11) is 0. The van der Waals surface area contributed by atoms with Gasteiger partial charge in [-0.3, -0.25) is 9.59 Å². The standard InChI is InChI=1S/C15H12Cl2N2O2/c16-12-6-5-11(8-13(12)17)19-14(20)7-9-1-3-10(4-2-9)15(18)21/h1-6,8H,7H2,(H2,18,21)(H,19,20). The molecule has 4 nitrogen and oxygen atoms in total. The van der Waals surface area contributed by atoms with Gasteiger partial charge in [0.2, 0.25) is 11.8 Å². The van der Waals surface area contributed by atoms with E-state index in [2.05, 4.69) is 5.32 Å². The normalized spacial score (nSPS) is 10.2. The molecule has 0 radical (unpaired) electrons. The van der Waals surface area contributed by atoms with Crippen LogP contribution in [0.1, 0.15) is 15.9 Å². The molecule has 2 amide bonds. The average Bonchev–Trinajstić information content (AvgIpc) is 2.43. The Morgan fingerprint density at radius 1 is 1.00 bits per heavy atom. The molecule has 2 aromatic carbocycles. The van der Waals surface area contributed by atoms with E-state index in [1.165, 1.54) is 0 Å². The molecule has 0 bridgehead atoms. The van der Waals surface area contributed by atoms with Crippen molar-refractivity contribution in [1.82, 2.24) is 0 Å². The predicted octanol–water partition coefficient (Wildman–Crippen LogP) is 3.27. The van der Waals surface area contributed by atoms with Gasteiger partial charge in [0.1, 0.15) is 0 Å². The summed E-state index contributed by atoms with van der Waals surface area (Å²) >= 11 is 11.7. The number of carbonyl (C=O) groups is 2. The summed E-state index contributed by atoms with van der Waals surface area (Å²) in [5.74, 6) is -0.693. The van der Waals surface area contributed by atoms with E-state index in [0.29, 0.717) is 21.3 Å². The molecule has 0 spiro atoms. The monoisotopic (exact) mass is 322 g/mol. The fraction of sp³-hybridized carbons (Fsp3) is 0.0667. The summed E-state index contributed by atoms with van der Waals surface area (Å²) in [5.41, 5.74) is 6.91. The second-order valence-corrected chi connectivity index (χ2v) is 5.23. The fourth-order valence-electron chi connectivity index (χ4n) is 1.75. The minimum absolute atomic E-state index is 0.180. The Morgan fingerprint density at radius 2 is 1.67 bits per heavy atom. The molecule has 0 atom stereocenters. The van der Waals surface area contributed by atoms with Crippen molar-refractivity contribution in [2.24, 2.45) is 5.73 Å². The number of nitrogens with one attached hydrogen (secondary N) is 1. The lowest BCUT2D eigenvalue weighted by molar-refractivity contribution is -0.115. The number of carbonyl (C=O) groups excluding carboxylic acids is 2. The predicted molar refractivity (Wildman–Crippen MR) is 83.8 cm³/mol. The first-order chi connectivity index (χ1) is 9.95. The Morgan fingerprint density at radius 3 is 2.24 bits per heavy atom. The van der Waals surface area contributed by atoms with E-state index in [-0.39, 0.29) is 12.3 Å². The molecule has 2 rings (SSSR count). The molecular weight excluding hydrogens is 311 g/mol. The number of primary amides is 1. The van der Waals surface area contributed by atoms with Crippen molar-refractivity contribution in [3.05, 3.63) is 63.6 Å². The van der Waals surface area contributed by atoms with Crippen LogP contribution in [-0.2, 0) is 11.2 Å². The van der Waals surface area contributed by atoms with Crippen molar-refractivity contribution < 1.29 is 9.59 Å². The molecule has 0 aliphatic rings. The van der Waals surface area contributed by atoms with Gasteiger partial charge in [-0.15, -0.1) is 0 Å². The summed E-state index contributed by atoms with van der Waals surface area (Å²) in [6.45, 7) is 0. The van der Waals surface area contributed by atoms with E-state index < -0.39 is 5.91 Å². The van der Waals surface area contributed by atoms with Gasteiger partial charge in [-0.05, 0) is 35.9 Å². The number of anilines is 1. The van der Waals surface area contributed by atoms with Crippen molar-refractivity contribution in [2.75, 3.05) is 5.32 Å². The highest BCUT2D eigenvalue weighted by Gasteiger charge is 2.07. The maximum Gasteiger partial charge on any atom is 0.248 e. The molecule has 0 aliphatic heterocycles. The molecule has 6 heteroatoms. The third-order valence-electron chi connectivity index (χ3n) is 2.81. The van der Waals surface area contributed by atoms with Crippen LogP contribution in [-0.4, -0.2) is 11.8 Å². The molecule has 0 heterocycles. The number of amides is 2. The van der Waals surface area contributed by atoms with Gasteiger partial charge < -0.3 is 11.1 Å². The summed E-state index contributed by atoms with van der Waals surface area (Å²) in [6, 6.07) is 11.4. The van der Waals surface area contributed by atoms with Gasteiger partial charge in [0.25, 0.3) is 0 Å². The topological polar surface area (TPSA) is 72.2 Å². The molecule has 2 aromatic rings. The van der Waals surface area contributed by atoms with Gasteiger partial charge in [0.15, 0.2) is 0 Å². The third-order valence-corrected chi connectivity index (χ3v) is 3.55. The summed E-state index contributed by atoms with van der Waals surface area (Å²) in [4.78, 5) is 22.9. The van der Waals surface area contributed by atoms with Crippen molar-refractivity contribution in [3.8, 4) is 0 Å². The molecule has 3 N–H and O–H groups in total. The number of hydrogen-bond acceptors (Lipinski definition) is 2. The zero-order valence-electron chi connectivity index (χ0n) is 10.9. The van der Waals surface area contributed by atoms with Crippen LogP contribution >= 0.6 is 23.2 Å². The van der Waals surface area contributed by atoms with Gasteiger partial charge in [-0.1, -0.05) is 35.3 Å². The van der Waals surface area contributed by atoms with Gasteiger partial charge in [-0.25, -0.2) is 0 Å². The summed E-state index contributed by atoms with van der Waals surface area (Å²) in [5, 5.41) is 3.52. The minimum Gasteiger partial charge on any atom is -0.366 e. The highest BCUT2D eigenvalue weighted by atomic mass is 35.5. The molecule has 0 saturated carbocycles. The van der Waals surface area contributed by atoms with Gasteiger partial charge >= 0.3 is 0 Å². The van der Waals surface area contributed by atoms with E-state index in [0.717, 1.165) is 5.56 Å². The molecule has 0 unspecified atom stereocenters. The lowest BCUT2D eigenvalue weighted by Crippen LogP contribution is -2.15. The van der Waals surface area contributed by atoms with Crippen molar-refractivity contribution in [2.45, 2.75) is 6.42 Å². The Hall–Kier alpha value is -2.04. The second kappa shape index (κ2) is 6.61. The van der Waals surface area contributed by atoms with Crippen molar-refractivity contribution in [1.29, 1.82) is 0 Å². The Balaban J connectivity index is 2.01. The van der Waals surface area contributed by atoms with Gasteiger partial charge in [0.05, 0.1) is 16.5 Å². The van der Waals surface area contributed by atoms with Crippen molar-refractivity contribution in [3.63, 3.8) is 0 Å². The van der Waals surface area contributed by atoms with Crippen LogP contribution in [0.15, 0.2) is 42.5 Å². The van der Waals surface area contributed by atoms with Crippen LogP contribution in [0.5, 0.6) is 0 Å². The number of rotatable bonds is 4. The number of hydrogen-bond donors (Lipinski definition) is 2. The second-order valence-electron chi connectivity index (χ2n) is 4.42. The zero-order valence-corrected chi connectivity index (χ0v) is 12.4. The Labute approximate surface area is 131 Å². The van der Waals surface area contributed by atoms with Crippen LogP contribution in [0.3, 0.4) is 0 Å². The Kier molecular flexibility index (Phi) is 4.83. The first-order valence-electron chi connectivity index (χ1n) is 6.09. The number of halogens is 2. The number of nitrogens with two attached hydrogens (primary N) is 1. The maximum absolute atomic E-state index is 11.9. The van der Waals surface area contributed by atoms with Crippen LogP contribution in [0, 0.1) is 0 Å². The number of benzene rings is 2. The molecule has 21 heavy (non-hydrogen) atoms. The van der Waals surface area contributed by atoms with E-state index in [4.69, 9.17) is 28.9 Å². The fourth-order valence-corrected chi connectivity index (χ4v) is 2.05. The van der Waals surface area contributed by atoms with Crippen LogP contribution in [0.2, 0.25) is 10.0 Å². The molecule has 0 aliphatic carbocycles. The Bertz CT molecular complexity index is 685. The highest BCUT2D eigenvalue weighted by molar-refractivity contribution is 6.42. The van der Waals surface area contributed by atoms with Gasteiger partial charge in [-0.2, -0.15) is 0 Å². The average molecular weight is 323 g/mol. The van der Waals surface area contributed by atoms with Crippen molar-refractivity contribution >= 4 is 40.7 Å². The minimum atomic E-state index is -0.498. The molecule has 0 fully saturated rings. The van der Waals surface area contributed by atoms with E-state index in [9.17, 15) is 9.59 Å².